The highest BCUT2D eigenvalue weighted by Crippen LogP contribution is 2.35. The van der Waals surface area contributed by atoms with E-state index in [0.29, 0.717) is 52.1 Å². The normalized spacial score (nSPS) is 15.3. The first-order valence-corrected chi connectivity index (χ1v) is 10.2. The van der Waals surface area contributed by atoms with Gasteiger partial charge >= 0.3 is 0 Å². The molecular formula is C20H16FN5O3S. The Hall–Kier alpha value is -3.40. The second kappa shape index (κ2) is 7.79. The van der Waals surface area contributed by atoms with Gasteiger partial charge in [-0.15, -0.1) is 10.2 Å². The monoisotopic (exact) mass is 425 g/mol. The molecular weight excluding hydrogens is 409 g/mol. The summed E-state index contributed by atoms with van der Waals surface area (Å²) < 4.78 is 32.7. The van der Waals surface area contributed by atoms with Gasteiger partial charge in [-0.3, -0.25) is 0 Å². The second-order valence-electron chi connectivity index (χ2n) is 6.55. The van der Waals surface area contributed by atoms with E-state index in [1.807, 2.05) is 24.3 Å². The highest BCUT2D eigenvalue weighted by Gasteiger charge is 2.27. The third-order valence-corrected chi connectivity index (χ3v) is 5.56. The van der Waals surface area contributed by atoms with Crippen LogP contribution in [-0.4, -0.2) is 31.5 Å². The average molecular weight is 425 g/mol. The van der Waals surface area contributed by atoms with Gasteiger partial charge in [0.25, 0.3) is 5.89 Å². The summed E-state index contributed by atoms with van der Waals surface area (Å²) in [7, 11) is 1.79. The van der Waals surface area contributed by atoms with Crippen LogP contribution in [0.15, 0.2) is 58.2 Å². The van der Waals surface area contributed by atoms with Gasteiger partial charge < -0.3 is 18.6 Å². The van der Waals surface area contributed by atoms with Crippen LogP contribution < -0.4 is 9.47 Å². The summed E-state index contributed by atoms with van der Waals surface area (Å²) in [5, 5.41) is 12.9. The number of fused-ring (bicyclic) bond motifs is 1. The van der Waals surface area contributed by atoms with Crippen molar-refractivity contribution < 1.29 is 18.4 Å². The van der Waals surface area contributed by atoms with Gasteiger partial charge in [-0.25, -0.2) is 4.39 Å². The zero-order valence-corrected chi connectivity index (χ0v) is 16.7. The van der Waals surface area contributed by atoms with Gasteiger partial charge in [-0.2, -0.15) is 4.98 Å². The molecule has 0 saturated carbocycles. The maximum atomic E-state index is 14.0. The standard InChI is InChI=1S/C20H16FN5O3S/c1-26-18(12-6-2-3-7-13(12)21)23-24-20(26)30-11-17-22-19(29-25-17)16-10-27-14-8-4-5-9-15(14)28-16/h2-9,16H,10-11H2,1H3. The van der Waals surface area contributed by atoms with E-state index in [0.717, 1.165) is 0 Å². The molecule has 0 aliphatic carbocycles. The quantitative estimate of drug-likeness (QED) is 0.446. The fourth-order valence-corrected chi connectivity index (χ4v) is 3.80. The van der Waals surface area contributed by atoms with Gasteiger partial charge in [0.2, 0.25) is 6.10 Å². The Kier molecular flexibility index (Phi) is 4.83. The van der Waals surface area contributed by atoms with E-state index in [1.165, 1.54) is 17.8 Å². The van der Waals surface area contributed by atoms with Gasteiger partial charge in [-0.05, 0) is 24.3 Å². The van der Waals surface area contributed by atoms with E-state index >= 15 is 0 Å². The number of hydrogen-bond acceptors (Lipinski definition) is 8. The third kappa shape index (κ3) is 3.50. The summed E-state index contributed by atoms with van der Waals surface area (Å²) in [5.41, 5.74) is 0.399. The molecule has 3 heterocycles. The summed E-state index contributed by atoms with van der Waals surface area (Å²) in [6.07, 6.45) is -0.464. The SMILES string of the molecule is Cn1c(SCc2noc(C3COc4ccccc4O3)n2)nnc1-c1ccccc1F. The molecule has 0 saturated heterocycles. The third-order valence-electron chi connectivity index (χ3n) is 4.55. The largest absolute Gasteiger partial charge is 0.485 e. The lowest BCUT2D eigenvalue weighted by molar-refractivity contribution is 0.0665. The van der Waals surface area contributed by atoms with Crippen LogP contribution >= 0.6 is 11.8 Å². The Morgan fingerprint density at radius 1 is 1.10 bits per heavy atom. The molecule has 8 nitrogen and oxygen atoms in total. The maximum absolute atomic E-state index is 14.0. The molecule has 2 aromatic heterocycles. The van der Waals surface area contributed by atoms with Crippen molar-refractivity contribution in [2.24, 2.45) is 7.05 Å². The molecule has 30 heavy (non-hydrogen) atoms. The van der Waals surface area contributed by atoms with E-state index in [1.54, 1.807) is 29.8 Å². The van der Waals surface area contributed by atoms with Crippen LogP contribution in [0.2, 0.25) is 0 Å². The van der Waals surface area contributed by atoms with Crippen LogP contribution in [0.25, 0.3) is 11.4 Å². The van der Waals surface area contributed by atoms with E-state index in [-0.39, 0.29) is 5.82 Å². The smallest absolute Gasteiger partial charge is 0.271 e. The molecule has 0 radical (unpaired) electrons. The Bertz CT molecular complexity index is 1190. The van der Waals surface area contributed by atoms with Crippen molar-refractivity contribution in [3.05, 3.63) is 66.1 Å². The lowest BCUT2D eigenvalue weighted by Crippen LogP contribution is -2.21. The fraction of sp³-hybridized carbons (Fsp3) is 0.200. The molecule has 0 amide bonds. The number of hydrogen-bond donors (Lipinski definition) is 0. The number of halogens is 1. The lowest BCUT2D eigenvalue weighted by Gasteiger charge is -2.23. The van der Waals surface area contributed by atoms with Crippen LogP contribution in [0.3, 0.4) is 0 Å². The Morgan fingerprint density at radius 3 is 2.77 bits per heavy atom. The summed E-state index contributed by atoms with van der Waals surface area (Å²) in [4.78, 5) is 4.41. The fourth-order valence-electron chi connectivity index (χ4n) is 3.04. The minimum absolute atomic E-state index is 0.293. The average Bonchev–Trinajstić information content (AvgIpc) is 3.39. The topological polar surface area (TPSA) is 88.1 Å². The Labute approximate surface area is 175 Å². The van der Waals surface area contributed by atoms with Crippen LogP contribution in [-0.2, 0) is 12.8 Å². The van der Waals surface area contributed by atoms with E-state index in [2.05, 4.69) is 20.3 Å². The number of rotatable bonds is 5. The van der Waals surface area contributed by atoms with E-state index in [9.17, 15) is 4.39 Å². The van der Waals surface area contributed by atoms with E-state index < -0.39 is 6.10 Å². The molecule has 152 valence electrons. The van der Waals surface area contributed by atoms with Crippen molar-refractivity contribution in [2.75, 3.05) is 6.61 Å². The number of para-hydroxylation sites is 2. The molecule has 10 heteroatoms. The molecule has 5 rings (SSSR count). The number of thioether (sulfide) groups is 1. The molecule has 0 N–H and O–H groups in total. The molecule has 0 fully saturated rings. The first-order valence-electron chi connectivity index (χ1n) is 9.17. The molecule has 1 aliphatic heterocycles. The van der Waals surface area contributed by atoms with Crippen LogP contribution in [0.5, 0.6) is 11.5 Å². The molecule has 4 aromatic rings. The first-order chi connectivity index (χ1) is 14.7. The minimum atomic E-state index is -0.464. The Morgan fingerprint density at radius 2 is 1.90 bits per heavy atom. The van der Waals surface area contributed by atoms with Crippen molar-refractivity contribution in [3.63, 3.8) is 0 Å². The lowest BCUT2D eigenvalue weighted by atomic mass is 10.2. The molecule has 0 spiro atoms. The van der Waals surface area contributed by atoms with Gasteiger partial charge in [0.1, 0.15) is 12.4 Å². The maximum Gasteiger partial charge on any atom is 0.271 e. The summed E-state index contributed by atoms with van der Waals surface area (Å²) >= 11 is 1.38. The van der Waals surface area contributed by atoms with Crippen molar-refractivity contribution in [3.8, 4) is 22.9 Å². The minimum Gasteiger partial charge on any atom is -0.485 e. The van der Waals surface area contributed by atoms with Gasteiger partial charge in [0.05, 0.1) is 11.3 Å². The molecule has 1 atom stereocenters. The van der Waals surface area contributed by atoms with Crippen molar-refractivity contribution >= 4 is 11.8 Å². The predicted octanol–water partition coefficient (Wildman–Crippen LogP) is 3.81. The van der Waals surface area contributed by atoms with Crippen molar-refractivity contribution in [1.29, 1.82) is 0 Å². The Balaban J connectivity index is 1.27. The second-order valence-corrected chi connectivity index (χ2v) is 7.49. The zero-order chi connectivity index (χ0) is 20.5. The first kappa shape index (κ1) is 18.6. The predicted molar refractivity (Wildman–Crippen MR) is 106 cm³/mol. The van der Waals surface area contributed by atoms with Gasteiger partial charge in [-0.1, -0.05) is 41.2 Å². The molecule has 1 unspecified atom stereocenters. The number of aromatic nitrogens is 5. The highest BCUT2D eigenvalue weighted by atomic mass is 32.2. The summed E-state index contributed by atoms with van der Waals surface area (Å²) in [5.74, 6) is 2.70. The molecule has 1 aliphatic rings. The van der Waals surface area contributed by atoms with Crippen LogP contribution in [0.4, 0.5) is 4.39 Å². The van der Waals surface area contributed by atoms with Crippen molar-refractivity contribution in [2.45, 2.75) is 17.0 Å². The van der Waals surface area contributed by atoms with Gasteiger partial charge in [0, 0.05) is 7.05 Å². The number of nitrogens with zero attached hydrogens (tertiary/aromatic N) is 5. The summed E-state index contributed by atoms with van der Waals surface area (Å²) in [6.45, 7) is 0.293. The number of benzene rings is 2. The summed E-state index contributed by atoms with van der Waals surface area (Å²) in [6, 6.07) is 13.9. The zero-order valence-electron chi connectivity index (χ0n) is 15.9. The highest BCUT2D eigenvalue weighted by molar-refractivity contribution is 7.98. The molecule has 2 aromatic carbocycles. The van der Waals surface area contributed by atoms with Gasteiger partial charge in [0.15, 0.2) is 28.3 Å². The number of ether oxygens (including phenoxy) is 2. The molecule has 0 bridgehead atoms. The van der Waals surface area contributed by atoms with E-state index in [4.69, 9.17) is 14.0 Å². The van der Waals surface area contributed by atoms with Crippen LogP contribution in [0.1, 0.15) is 17.8 Å². The van der Waals surface area contributed by atoms with Crippen molar-refractivity contribution in [1.82, 2.24) is 24.9 Å². The van der Waals surface area contributed by atoms with Crippen LogP contribution in [0, 0.1) is 5.82 Å².